The second-order valence-corrected chi connectivity index (χ2v) is 6.88. The molecule has 0 aliphatic heterocycles. The molecule has 8 heteroatoms. The first kappa shape index (κ1) is 13.9. The van der Waals surface area contributed by atoms with Crippen LogP contribution in [0.4, 0.5) is 5.69 Å². The van der Waals surface area contributed by atoms with Crippen molar-refractivity contribution in [3.63, 3.8) is 0 Å². The molecule has 0 saturated heterocycles. The molecule has 0 radical (unpaired) electrons. The van der Waals surface area contributed by atoms with E-state index >= 15 is 0 Å². The monoisotopic (exact) mass is 298 g/mol. The van der Waals surface area contributed by atoms with Gasteiger partial charge in [-0.1, -0.05) is 0 Å². The van der Waals surface area contributed by atoms with Crippen LogP contribution in [0, 0.1) is 0 Å². The molecule has 0 bridgehead atoms. The molecule has 6 nitrogen and oxygen atoms in total. The Morgan fingerprint density at radius 2 is 2.21 bits per heavy atom. The van der Waals surface area contributed by atoms with Crippen LogP contribution in [0.3, 0.4) is 0 Å². The molecular weight excluding hydrogens is 284 g/mol. The molecule has 0 aromatic carbocycles. The third-order valence-corrected chi connectivity index (χ3v) is 5.09. The molecule has 2 aromatic rings. The van der Waals surface area contributed by atoms with E-state index in [1.54, 1.807) is 12.5 Å². The van der Waals surface area contributed by atoms with Crippen LogP contribution in [0.1, 0.15) is 16.6 Å². The van der Waals surface area contributed by atoms with Crippen LogP contribution in [-0.4, -0.2) is 38.1 Å². The zero-order valence-corrected chi connectivity index (χ0v) is 12.2. The Kier molecular flexibility index (Phi) is 4.11. The average Bonchev–Trinajstić information content (AvgIpc) is 2.73. The van der Waals surface area contributed by atoms with Crippen molar-refractivity contribution in [2.75, 3.05) is 18.5 Å². The van der Waals surface area contributed by atoms with E-state index in [0.717, 1.165) is 0 Å². The summed E-state index contributed by atoms with van der Waals surface area (Å²) in [6.45, 7) is 2.16. The molecule has 2 atom stereocenters. The molecule has 2 unspecified atom stereocenters. The molecule has 102 valence electrons. The highest BCUT2D eigenvalue weighted by Crippen LogP contribution is 2.30. The Labute approximate surface area is 116 Å². The maximum atomic E-state index is 12.0. The van der Waals surface area contributed by atoms with Gasteiger partial charge in [0.25, 0.3) is 5.91 Å². The van der Waals surface area contributed by atoms with E-state index in [9.17, 15) is 9.00 Å². The third-order valence-electron chi connectivity index (χ3n) is 2.69. The third kappa shape index (κ3) is 2.90. The van der Waals surface area contributed by atoms with E-state index < -0.39 is 10.8 Å². The highest BCUT2D eigenvalue weighted by molar-refractivity contribution is 7.84. The Balaban J connectivity index is 2.18. The van der Waals surface area contributed by atoms with Crippen LogP contribution in [0.2, 0.25) is 0 Å². The summed E-state index contributed by atoms with van der Waals surface area (Å²) >= 11 is 1.21. The van der Waals surface area contributed by atoms with E-state index in [0.29, 0.717) is 27.5 Å². The number of hydrogen-bond acceptors (Lipinski definition) is 6. The van der Waals surface area contributed by atoms with Gasteiger partial charge in [0.2, 0.25) is 0 Å². The van der Waals surface area contributed by atoms with Crippen molar-refractivity contribution in [2.45, 2.75) is 12.2 Å². The predicted molar refractivity (Wildman–Crippen MR) is 77.7 cm³/mol. The molecule has 0 saturated carbocycles. The molecule has 2 rings (SSSR count). The number of nitrogens with two attached hydrogens (primary N) is 1. The number of nitrogens with zero attached hydrogens (tertiary/aromatic N) is 2. The molecule has 1 amide bonds. The summed E-state index contributed by atoms with van der Waals surface area (Å²) in [5, 5.41) is 2.62. The van der Waals surface area contributed by atoms with Gasteiger partial charge < -0.3 is 11.1 Å². The number of carbonyl (C=O) groups excluding carboxylic acids is 1. The van der Waals surface area contributed by atoms with Gasteiger partial charge in [-0.15, -0.1) is 11.3 Å². The van der Waals surface area contributed by atoms with Gasteiger partial charge in [0.1, 0.15) is 15.2 Å². The summed E-state index contributed by atoms with van der Waals surface area (Å²) in [6, 6.07) is 0. The standard InChI is InChI=1S/C11H14N4O2S2/c1-6(19(2)17)5-15-10(16)9-7(12)8-11(18-9)14-4-3-13-8/h3-4,6H,5,12H2,1-2H3,(H,15,16). The fraction of sp³-hybridized carbons (Fsp3) is 0.364. The van der Waals surface area contributed by atoms with Crippen molar-refractivity contribution in [3.05, 3.63) is 17.3 Å². The minimum atomic E-state index is -0.970. The number of thiophene rings is 1. The summed E-state index contributed by atoms with van der Waals surface area (Å²) < 4.78 is 11.2. The fourth-order valence-corrected chi connectivity index (χ4v) is 2.70. The molecule has 0 aliphatic rings. The van der Waals surface area contributed by atoms with Crippen molar-refractivity contribution < 1.29 is 9.00 Å². The molecule has 2 aromatic heterocycles. The lowest BCUT2D eigenvalue weighted by molar-refractivity contribution is 0.0959. The van der Waals surface area contributed by atoms with Crippen LogP contribution < -0.4 is 11.1 Å². The van der Waals surface area contributed by atoms with Crippen molar-refractivity contribution in [1.82, 2.24) is 15.3 Å². The highest BCUT2D eigenvalue weighted by Gasteiger charge is 2.18. The van der Waals surface area contributed by atoms with Crippen LogP contribution in [0.15, 0.2) is 12.4 Å². The van der Waals surface area contributed by atoms with E-state index in [4.69, 9.17) is 5.73 Å². The summed E-state index contributed by atoms with van der Waals surface area (Å²) in [5.41, 5.74) is 6.78. The second kappa shape index (κ2) is 5.62. The minimum Gasteiger partial charge on any atom is -0.396 e. The van der Waals surface area contributed by atoms with E-state index in [-0.39, 0.29) is 11.2 Å². The average molecular weight is 298 g/mol. The van der Waals surface area contributed by atoms with Crippen LogP contribution >= 0.6 is 11.3 Å². The fourth-order valence-electron chi connectivity index (χ4n) is 1.45. The number of aromatic nitrogens is 2. The molecule has 0 aliphatic carbocycles. The summed E-state index contributed by atoms with van der Waals surface area (Å²) in [7, 11) is -0.970. The number of anilines is 1. The van der Waals surface area contributed by atoms with Gasteiger partial charge in [-0.2, -0.15) is 0 Å². The number of hydrogen-bond donors (Lipinski definition) is 2. The lowest BCUT2D eigenvalue weighted by Crippen LogP contribution is -2.32. The zero-order chi connectivity index (χ0) is 14.0. The number of carbonyl (C=O) groups is 1. The van der Waals surface area contributed by atoms with Crippen molar-refractivity contribution in [2.24, 2.45) is 0 Å². The Bertz CT molecular complexity index is 641. The molecule has 19 heavy (non-hydrogen) atoms. The van der Waals surface area contributed by atoms with E-state index in [1.165, 1.54) is 17.5 Å². The number of fused-ring (bicyclic) bond motifs is 1. The lowest BCUT2D eigenvalue weighted by Gasteiger charge is -2.09. The largest absolute Gasteiger partial charge is 0.396 e. The first-order valence-electron chi connectivity index (χ1n) is 5.60. The Morgan fingerprint density at radius 3 is 2.84 bits per heavy atom. The topological polar surface area (TPSA) is 98.0 Å². The molecule has 3 N–H and O–H groups in total. The van der Waals surface area contributed by atoms with Crippen molar-refractivity contribution >= 4 is 44.1 Å². The van der Waals surface area contributed by atoms with Gasteiger partial charge >= 0.3 is 0 Å². The lowest BCUT2D eigenvalue weighted by atomic mass is 10.3. The maximum Gasteiger partial charge on any atom is 0.263 e. The van der Waals surface area contributed by atoms with E-state index in [2.05, 4.69) is 15.3 Å². The number of rotatable bonds is 4. The summed E-state index contributed by atoms with van der Waals surface area (Å²) in [4.78, 5) is 21.3. The van der Waals surface area contributed by atoms with Crippen LogP contribution in [0.5, 0.6) is 0 Å². The summed E-state index contributed by atoms with van der Waals surface area (Å²) in [6.07, 6.45) is 4.70. The second-order valence-electron chi connectivity index (χ2n) is 4.07. The quantitative estimate of drug-likeness (QED) is 0.869. The first-order valence-corrected chi connectivity index (χ1v) is 8.04. The van der Waals surface area contributed by atoms with Crippen molar-refractivity contribution in [3.8, 4) is 0 Å². The zero-order valence-electron chi connectivity index (χ0n) is 10.5. The molecule has 0 spiro atoms. The Hall–Kier alpha value is -1.54. The SMILES string of the molecule is CC(CNC(=O)c1sc2nccnc2c1N)S(C)=O. The van der Waals surface area contributed by atoms with Gasteiger partial charge in [-0.05, 0) is 6.92 Å². The van der Waals surface area contributed by atoms with Crippen LogP contribution in [0.25, 0.3) is 10.3 Å². The van der Waals surface area contributed by atoms with Gasteiger partial charge in [0.15, 0.2) is 0 Å². The molecule has 0 fully saturated rings. The normalized spacial score (nSPS) is 14.2. The van der Waals surface area contributed by atoms with Gasteiger partial charge in [0, 0.05) is 41.2 Å². The van der Waals surface area contributed by atoms with Gasteiger partial charge in [-0.25, -0.2) is 9.97 Å². The van der Waals surface area contributed by atoms with Crippen LogP contribution in [-0.2, 0) is 10.8 Å². The highest BCUT2D eigenvalue weighted by atomic mass is 32.2. The first-order chi connectivity index (χ1) is 9.00. The minimum absolute atomic E-state index is 0.101. The maximum absolute atomic E-state index is 12.0. The van der Waals surface area contributed by atoms with Gasteiger partial charge in [-0.3, -0.25) is 9.00 Å². The van der Waals surface area contributed by atoms with Gasteiger partial charge in [0.05, 0.1) is 5.69 Å². The number of nitrogens with one attached hydrogen (secondary N) is 1. The molecule has 2 heterocycles. The van der Waals surface area contributed by atoms with Crippen molar-refractivity contribution in [1.29, 1.82) is 0 Å². The molecular formula is C11H14N4O2S2. The number of nitrogen functional groups attached to an aromatic ring is 1. The summed E-state index contributed by atoms with van der Waals surface area (Å²) in [5.74, 6) is -0.278. The number of amides is 1. The smallest absolute Gasteiger partial charge is 0.263 e. The Morgan fingerprint density at radius 1 is 1.53 bits per heavy atom. The van der Waals surface area contributed by atoms with E-state index in [1.807, 2.05) is 6.92 Å². The predicted octanol–water partition coefficient (Wildman–Crippen LogP) is 0.770.